The number of aryl methyl sites for hydroxylation is 1. The van der Waals surface area contributed by atoms with E-state index in [1.54, 1.807) is 0 Å². The Morgan fingerprint density at radius 3 is 1.15 bits per heavy atom. The van der Waals surface area contributed by atoms with Gasteiger partial charge in [-0.2, -0.15) is 0 Å². The summed E-state index contributed by atoms with van der Waals surface area (Å²) < 4.78 is 49.7. The number of ether oxygens (including phenoxy) is 9. The molecule has 310 valence electrons. The van der Waals surface area contributed by atoms with E-state index in [0.29, 0.717) is 112 Å². The van der Waals surface area contributed by atoms with Crippen LogP contribution in [0.15, 0.2) is 24.3 Å². The summed E-state index contributed by atoms with van der Waals surface area (Å²) in [5, 5.41) is 0. The van der Waals surface area contributed by atoms with Crippen molar-refractivity contribution in [1.29, 1.82) is 0 Å². The van der Waals surface area contributed by atoms with Gasteiger partial charge in [0.2, 0.25) is 0 Å². The second-order valence-electron chi connectivity index (χ2n) is 13.4. The van der Waals surface area contributed by atoms with Crippen molar-refractivity contribution in [3.05, 3.63) is 29.8 Å². The largest absolute Gasteiger partial charge is 0.491 e. The number of hydrogen-bond donors (Lipinski definition) is 0. The zero-order valence-corrected chi connectivity index (χ0v) is 33.9. The zero-order valence-electron chi connectivity index (χ0n) is 33.9. The van der Waals surface area contributed by atoms with Crippen molar-refractivity contribution in [3.63, 3.8) is 0 Å². The van der Waals surface area contributed by atoms with E-state index < -0.39 is 0 Å². The average molecular weight is 755 g/mol. The molecule has 1 aromatic rings. The van der Waals surface area contributed by atoms with Crippen molar-refractivity contribution in [1.82, 2.24) is 0 Å². The molecule has 0 saturated heterocycles. The van der Waals surface area contributed by atoms with E-state index in [9.17, 15) is 4.79 Å². The molecule has 10 nitrogen and oxygen atoms in total. The molecule has 1 aromatic carbocycles. The topological polar surface area (TPSA) is 100 Å². The van der Waals surface area contributed by atoms with Crippen LogP contribution in [0.25, 0.3) is 0 Å². The molecule has 53 heavy (non-hydrogen) atoms. The van der Waals surface area contributed by atoms with Gasteiger partial charge in [0.15, 0.2) is 0 Å². The van der Waals surface area contributed by atoms with Gasteiger partial charge in [0.05, 0.1) is 92.5 Å². The molecule has 0 fully saturated rings. The molecular formula is C43H78O10. The second-order valence-corrected chi connectivity index (χ2v) is 13.4. The lowest BCUT2D eigenvalue weighted by atomic mass is 10.0. The molecule has 0 unspecified atom stereocenters. The Bertz CT molecular complexity index is 869. The summed E-state index contributed by atoms with van der Waals surface area (Å²) in [6.07, 6.45) is 22.1. The van der Waals surface area contributed by atoms with Gasteiger partial charge in [0.1, 0.15) is 19.0 Å². The Kier molecular flexibility index (Phi) is 38.4. The molecule has 0 aromatic heterocycles. The highest BCUT2D eigenvalue weighted by Crippen LogP contribution is 2.15. The van der Waals surface area contributed by atoms with Gasteiger partial charge in [-0.3, -0.25) is 4.79 Å². The Labute approximate surface area is 323 Å². The number of hydrogen-bond acceptors (Lipinski definition) is 10. The van der Waals surface area contributed by atoms with Crippen LogP contribution in [-0.2, 0) is 49.1 Å². The van der Waals surface area contributed by atoms with Gasteiger partial charge < -0.3 is 42.6 Å². The molecule has 0 amide bonds. The van der Waals surface area contributed by atoms with Crippen LogP contribution in [-0.4, -0.2) is 112 Å². The van der Waals surface area contributed by atoms with Crippen LogP contribution in [0.5, 0.6) is 5.75 Å². The van der Waals surface area contributed by atoms with Crippen molar-refractivity contribution >= 4 is 5.97 Å². The molecular weight excluding hydrogens is 676 g/mol. The monoisotopic (exact) mass is 755 g/mol. The van der Waals surface area contributed by atoms with E-state index in [0.717, 1.165) is 25.0 Å². The number of carbonyl (C=O) groups is 1. The minimum atomic E-state index is -0.132. The number of benzene rings is 1. The predicted octanol–water partition coefficient (Wildman–Crippen LogP) is 8.94. The first-order valence-electron chi connectivity index (χ1n) is 21.2. The fourth-order valence-electron chi connectivity index (χ4n) is 5.55. The predicted molar refractivity (Wildman–Crippen MR) is 212 cm³/mol. The maximum absolute atomic E-state index is 11.8. The highest BCUT2D eigenvalue weighted by Gasteiger charge is 2.03. The Morgan fingerprint density at radius 1 is 0.396 bits per heavy atom. The summed E-state index contributed by atoms with van der Waals surface area (Å²) in [4.78, 5) is 11.8. The first-order chi connectivity index (χ1) is 26.3. The summed E-state index contributed by atoms with van der Waals surface area (Å²) in [7, 11) is 0. The van der Waals surface area contributed by atoms with Gasteiger partial charge in [-0.25, -0.2) is 0 Å². The smallest absolute Gasteiger partial charge is 0.305 e. The van der Waals surface area contributed by atoms with Gasteiger partial charge in [-0.05, 0) is 37.0 Å². The van der Waals surface area contributed by atoms with Gasteiger partial charge in [-0.1, -0.05) is 116 Å². The minimum absolute atomic E-state index is 0.132. The van der Waals surface area contributed by atoms with Crippen LogP contribution in [0.3, 0.4) is 0 Å². The van der Waals surface area contributed by atoms with E-state index in [4.69, 9.17) is 42.6 Å². The van der Waals surface area contributed by atoms with Crippen LogP contribution in [0.2, 0.25) is 0 Å². The normalized spacial score (nSPS) is 11.4. The van der Waals surface area contributed by atoms with Crippen molar-refractivity contribution in [2.75, 3.05) is 106 Å². The third kappa shape index (κ3) is 36.9. The molecule has 0 atom stereocenters. The third-order valence-electron chi connectivity index (χ3n) is 8.70. The fraction of sp³-hybridized carbons (Fsp3) is 0.837. The lowest BCUT2D eigenvalue weighted by Gasteiger charge is -2.09. The highest BCUT2D eigenvalue weighted by atomic mass is 16.6. The quantitative estimate of drug-likeness (QED) is 0.0475. The fourth-order valence-corrected chi connectivity index (χ4v) is 5.55. The van der Waals surface area contributed by atoms with Crippen LogP contribution >= 0.6 is 0 Å². The molecule has 0 saturated carbocycles. The lowest BCUT2D eigenvalue weighted by Crippen LogP contribution is -2.15. The summed E-state index contributed by atoms with van der Waals surface area (Å²) in [5.41, 5.74) is 1.38. The van der Waals surface area contributed by atoms with E-state index >= 15 is 0 Å². The molecule has 0 spiro atoms. The number of carbonyl (C=O) groups excluding carboxylic acids is 1. The van der Waals surface area contributed by atoms with Crippen molar-refractivity contribution in [3.8, 4) is 5.75 Å². The Morgan fingerprint density at radius 2 is 0.736 bits per heavy atom. The van der Waals surface area contributed by atoms with Crippen LogP contribution in [0, 0.1) is 0 Å². The van der Waals surface area contributed by atoms with Gasteiger partial charge in [0.25, 0.3) is 0 Å². The molecule has 0 N–H and O–H groups in total. The van der Waals surface area contributed by atoms with E-state index in [2.05, 4.69) is 38.1 Å². The lowest BCUT2D eigenvalue weighted by molar-refractivity contribution is -0.145. The summed E-state index contributed by atoms with van der Waals surface area (Å²) in [6.45, 7) is 12.3. The highest BCUT2D eigenvalue weighted by molar-refractivity contribution is 5.69. The number of esters is 1. The van der Waals surface area contributed by atoms with Crippen molar-refractivity contribution < 1.29 is 47.4 Å². The van der Waals surface area contributed by atoms with Crippen molar-refractivity contribution in [2.45, 2.75) is 129 Å². The summed E-state index contributed by atoms with van der Waals surface area (Å²) in [6, 6.07) is 8.46. The first-order valence-corrected chi connectivity index (χ1v) is 21.2. The van der Waals surface area contributed by atoms with Gasteiger partial charge in [0, 0.05) is 6.42 Å². The molecule has 0 aliphatic heterocycles. The van der Waals surface area contributed by atoms with Crippen LogP contribution in [0.1, 0.15) is 129 Å². The minimum Gasteiger partial charge on any atom is -0.491 e. The molecule has 0 heterocycles. The second kappa shape index (κ2) is 41.4. The number of unbranched alkanes of at least 4 members (excludes halogenated alkanes) is 14. The third-order valence-corrected chi connectivity index (χ3v) is 8.70. The van der Waals surface area contributed by atoms with Crippen LogP contribution < -0.4 is 4.74 Å². The van der Waals surface area contributed by atoms with Crippen molar-refractivity contribution in [2.24, 2.45) is 0 Å². The van der Waals surface area contributed by atoms with Crippen LogP contribution in [0.4, 0.5) is 0 Å². The molecule has 0 bridgehead atoms. The molecule has 10 heteroatoms. The first kappa shape index (κ1) is 49.2. The molecule has 0 radical (unpaired) electrons. The summed E-state index contributed by atoms with van der Waals surface area (Å²) in [5.74, 6) is 0.755. The SMILES string of the molecule is CCCCCCCCCCCC(=O)OCCOCCOCCOCCOCCOCCOCCOCCOc1ccc(CCCCCCCCC)cc1. The molecule has 0 aliphatic carbocycles. The maximum atomic E-state index is 11.8. The molecule has 1 rings (SSSR count). The van der Waals surface area contributed by atoms with E-state index in [1.165, 1.54) is 95.5 Å². The maximum Gasteiger partial charge on any atom is 0.305 e. The van der Waals surface area contributed by atoms with Gasteiger partial charge in [-0.15, -0.1) is 0 Å². The standard InChI is InChI=1S/C43H78O10/c1-3-5-7-9-11-12-14-16-18-20-43(44)53-40-38-51-36-34-49-32-30-47-28-26-45-25-27-46-29-31-48-33-35-50-37-39-52-42-23-21-41(22-24-42)19-17-15-13-10-8-6-4-2/h21-24H,3-20,25-40H2,1-2H3. The zero-order chi connectivity index (χ0) is 38.0. The molecule has 0 aliphatic rings. The van der Waals surface area contributed by atoms with E-state index in [1.807, 2.05) is 0 Å². The average Bonchev–Trinajstić information content (AvgIpc) is 3.17. The Balaban J connectivity index is 1.71. The summed E-state index contributed by atoms with van der Waals surface area (Å²) >= 11 is 0. The van der Waals surface area contributed by atoms with E-state index in [-0.39, 0.29) is 5.97 Å². The number of rotatable bonds is 43. The Hall–Kier alpha value is -1.79. The van der Waals surface area contributed by atoms with Gasteiger partial charge >= 0.3 is 5.97 Å².